The van der Waals surface area contributed by atoms with Crippen molar-refractivity contribution >= 4 is 16.7 Å². The highest BCUT2D eigenvalue weighted by atomic mass is 16.5. The standard InChI is InChI=1S/C22H20N4O/c1-27-19-10-18(13-23-14-19)15-3-4-20-17(9-15)11-21(25-20)16-5-6-24-22(12-16)26-7-2-8-26/h3-6,9-14,25H,2,7-8H2,1H3. The van der Waals surface area contributed by atoms with Crippen molar-refractivity contribution in [2.24, 2.45) is 0 Å². The van der Waals surface area contributed by atoms with E-state index < -0.39 is 0 Å². The molecule has 1 aliphatic heterocycles. The molecule has 27 heavy (non-hydrogen) atoms. The number of benzene rings is 1. The maximum Gasteiger partial charge on any atom is 0.137 e. The Balaban J connectivity index is 1.52. The Morgan fingerprint density at radius 3 is 2.70 bits per heavy atom. The minimum atomic E-state index is 0.762. The van der Waals surface area contributed by atoms with Gasteiger partial charge in [-0.15, -0.1) is 0 Å². The predicted octanol–water partition coefficient (Wildman–Crippen LogP) is 4.51. The second kappa shape index (κ2) is 6.43. The molecule has 1 saturated heterocycles. The molecule has 0 bridgehead atoms. The fraction of sp³-hybridized carbons (Fsp3) is 0.182. The minimum Gasteiger partial charge on any atom is -0.495 e. The number of fused-ring (bicyclic) bond motifs is 1. The van der Waals surface area contributed by atoms with Gasteiger partial charge in [0.15, 0.2) is 0 Å². The van der Waals surface area contributed by atoms with Gasteiger partial charge in [-0.25, -0.2) is 4.98 Å². The molecule has 5 heteroatoms. The van der Waals surface area contributed by atoms with Crippen LogP contribution in [-0.4, -0.2) is 35.2 Å². The molecule has 0 radical (unpaired) electrons. The summed E-state index contributed by atoms with van der Waals surface area (Å²) in [5.74, 6) is 1.82. The van der Waals surface area contributed by atoms with Crippen LogP contribution in [0.1, 0.15) is 6.42 Å². The monoisotopic (exact) mass is 356 g/mol. The van der Waals surface area contributed by atoms with E-state index in [1.165, 1.54) is 11.8 Å². The van der Waals surface area contributed by atoms with E-state index in [1.807, 2.05) is 18.5 Å². The maximum absolute atomic E-state index is 5.29. The first-order valence-electron chi connectivity index (χ1n) is 9.14. The number of aromatic nitrogens is 3. The molecule has 3 aromatic heterocycles. The number of pyridine rings is 2. The van der Waals surface area contributed by atoms with Crippen molar-refractivity contribution < 1.29 is 4.74 Å². The zero-order valence-electron chi connectivity index (χ0n) is 15.1. The molecule has 1 N–H and O–H groups in total. The summed E-state index contributed by atoms with van der Waals surface area (Å²) in [7, 11) is 1.66. The van der Waals surface area contributed by atoms with Crippen LogP contribution in [0.25, 0.3) is 33.3 Å². The summed E-state index contributed by atoms with van der Waals surface area (Å²) in [6.45, 7) is 2.20. The second-order valence-electron chi connectivity index (χ2n) is 6.84. The first-order chi connectivity index (χ1) is 13.3. The molecule has 0 amide bonds. The van der Waals surface area contributed by atoms with Crippen molar-refractivity contribution in [1.82, 2.24) is 15.0 Å². The fourth-order valence-electron chi connectivity index (χ4n) is 3.46. The van der Waals surface area contributed by atoms with Gasteiger partial charge in [-0.2, -0.15) is 0 Å². The van der Waals surface area contributed by atoms with Gasteiger partial charge in [0.1, 0.15) is 11.6 Å². The number of nitrogens with zero attached hydrogens (tertiary/aromatic N) is 3. The van der Waals surface area contributed by atoms with Crippen LogP contribution in [0.2, 0.25) is 0 Å². The molecule has 0 atom stereocenters. The van der Waals surface area contributed by atoms with Crippen LogP contribution in [0.15, 0.2) is 61.1 Å². The number of hydrogen-bond donors (Lipinski definition) is 1. The Morgan fingerprint density at radius 1 is 0.963 bits per heavy atom. The number of methoxy groups -OCH3 is 1. The molecule has 0 aliphatic carbocycles. The number of nitrogens with one attached hydrogen (secondary N) is 1. The average Bonchev–Trinajstić information content (AvgIpc) is 3.10. The zero-order valence-corrected chi connectivity index (χ0v) is 15.1. The second-order valence-corrected chi connectivity index (χ2v) is 6.84. The summed E-state index contributed by atoms with van der Waals surface area (Å²) in [4.78, 5) is 14.6. The van der Waals surface area contributed by atoms with E-state index in [4.69, 9.17) is 4.74 Å². The Kier molecular flexibility index (Phi) is 3.78. The van der Waals surface area contributed by atoms with E-state index in [-0.39, 0.29) is 0 Å². The molecule has 4 aromatic rings. The molecule has 5 rings (SSSR count). The number of rotatable bonds is 4. The van der Waals surface area contributed by atoms with Gasteiger partial charge >= 0.3 is 0 Å². The van der Waals surface area contributed by atoms with Gasteiger partial charge in [0.05, 0.1) is 13.3 Å². The number of aromatic amines is 1. The molecule has 5 nitrogen and oxygen atoms in total. The van der Waals surface area contributed by atoms with Crippen LogP contribution >= 0.6 is 0 Å². The van der Waals surface area contributed by atoms with E-state index in [0.717, 1.165) is 52.6 Å². The Morgan fingerprint density at radius 2 is 1.89 bits per heavy atom. The van der Waals surface area contributed by atoms with Crippen molar-refractivity contribution in [3.05, 3.63) is 61.1 Å². The van der Waals surface area contributed by atoms with Gasteiger partial charge in [-0.05, 0) is 48.4 Å². The van der Waals surface area contributed by atoms with E-state index in [0.29, 0.717) is 0 Å². The topological polar surface area (TPSA) is 54.0 Å². The zero-order chi connectivity index (χ0) is 18.2. The first-order valence-corrected chi connectivity index (χ1v) is 9.14. The minimum absolute atomic E-state index is 0.762. The number of anilines is 1. The predicted molar refractivity (Wildman–Crippen MR) is 108 cm³/mol. The van der Waals surface area contributed by atoms with Gasteiger partial charge in [0, 0.05) is 53.2 Å². The molecule has 1 aromatic carbocycles. The molecular formula is C22H20N4O. The summed E-state index contributed by atoms with van der Waals surface area (Å²) in [5, 5.41) is 1.17. The molecule has 0 spiro atoms. The smallest absolute Gasteiger partial charge is 0.137 e. The lowest BCUT2D eigenvalue weighted by Gasteiger charge is -2.32. The molecular weight excluding hydrogens is 336 g/mol. The van der Waals surface area contributed by atoms with Crippen LogP contribution in [-0.2, 0) is 0 Å². The normalized spacial score (nSPS) is 13.6. The summed E-state index contributed by atoms with van der Waals surface area (Å²) in [5.41, 5.74) is 5.55. The Labute approximate surface area is 157 Å². The van der Waals surface area contributed by atoms with Crippen molar-refractivity contribution in [3.63, 3.8) is 0 Å². The van der Waals surface area contributed by atoms with E-state index in [2.05, 4.69) is 56.3 Å². The highest BCUT2D eigenvalue weighted by Crippen LogP contribution is 2.31. The third-order valence-corrected chi connectivity index (χ3v) is 5.14. The van der Waals surface area contributed by atoms with E-state index in [1.54, 1.807) is 13.3 Å². The summed E-state index contributed by atoms with van der Waals surface area (Å²) < 4.78 is 5.29. The van der Waals surface area contributed by atoms with Crippen LogP contribution in [0.4, 0.5) is 5.82 Å². The quantitative estimate of drug-likeness (QED) is 0.584. The Hall–Kier alpha value is -3.34. The first kappa shape index (κ1) is 15.9. The lowest BCUT2D eigenvalue weighted by atomic mass is 10.1. The molecule has 1 fully saturated rings. The lowest BCUT2D eigenvalue weighted by Crippen LogP contribution is -2.37. The van der Waals surface area contributed by atoms with Gasteiger partial charge in [-0.3, -0.25) is 4.98 Å². The van der Waals surface area contributed by atoms with Crippen molar-refractivity contribution in [2.45, 2.75) is 6.42 Å². The number of H-pyrrole nitrogens is 1. The SMILES string of the molecule is COc1cncc(-c2ccc3[nH]c(-c4ccnc(N5CCC5)c4)cc3c2)c1. The van der Waals surface area contributed by atoms with Crippen molar-refractivity contribution in [3.8, 4) is 28.1 Å². The Bertz CT molecular complexity index is 1110. The number of ether oxygens (including phenoxy) is 1. The number of hydrogen-bond acceptors (Lipinski definition) is 4. The summed E-state index contributed by atoms with van der Waals surface area (Å²) in [6.07, 6.45) is 6.72. The third kappa shape index (κ3) is 2.91. The van der Waals surface area contributed by atoms with Gasteiger partial charge in [-0.1, -0.05) is 6.07 Å². The fourth-order valence-corrected chi connectivity index (χ4v) is 3.46. The maximum atomic E-state index is 5.29. The average molecular weight is 356 g/mol. The lowest BCUT2D eigenvalue weighted by molar-refractivity contribution is 0.413. The molecule has 0 saturated carbocycles. The highest BCUT2D eigenvalue weighted by Gasteiger charge is 2.16. The van der Waals surface area contributed by atoms with E-state index in [9.17, 15) is 0 Å². The summed E-state index contributed by atoms with van der Waals surface area (Å²) >= 11 is 0. The van der Waals surface area contributed by atoms with Crippen LogP contribution in [0.5, 0.6) is 5.75 Å². The molecule has 134 valence electrons. The third-order valence-electron chi connectivity index (χ3n) is 5.14. The summed E-state index contributed by atoms with van der Waals surface area (Å²) in [6, 6.07) is 14.8. The highest BCUT2D eigenvalue weighted by molar-refractivity contribution is 5.89. The van der Waals surface area contributed by atoms with Crippen molar-refractivity contribution in [1.29, 1.82) is 0 Å². The largest absolute Gasteiger partial charge is 0.495 e. The van der Waals surface area contributed by atoms with Crippen LogP contribution in [0, 0.1) is 0 Å². The molecule has 4 heterocycles. The van der Waals surface area contributed by atoms with Crippen molar-refractivity contribution in [2.75, 3.05) is 25.1 Å². The molecule has 1 aliphatic rings. The van der Waals surface area contributed by atoms with E-state index >= 15 is 0 Å². The van der Waals surface area contributed by atoms with Gasteiger partial charge in [0.2, 0.25) is 0 Å². The van der Waals surface area contributed by atoms with Crippen LogP contribution < -0.4 is 9.64 Å². The molecule has 0 unspecified atom stereocenters. The van der Waals surface area contributed by atoms with Gasteiger partial charge in [0.25, 0.3) is 0 Å². The van der Waals surface area contributed by atoms with Crippen LogP contribution in [0.3, 0.4) is 0 Å². The van der Waals surface area contributed by atoms with Gasteiger partial charge < -0.3 is 14.6 Å².